The van der Waals surface area contributed by atoms with Crippen LogP contribution >= 0.6 is 0 Å². The molecular formula is C15H18N. The van der Waals surface area contributed by atoms with Crippen molar-refractivity contribution in [2.75, 3.05) is 0 Å². The summed E-state index contributed by atoms with van der Waals surface area (Å²) >= 11 is 0. The van der Waals surface area contributed by atoms with Gasteiger partial charge in [0.1, 0.15) is 0 Å². The van der Waals surface area contributed by atoms with E-state index in [1.807, 2.05) is 12.1 Å². The van der Waals surface area contributed by atoms with E-state index in [4.69, 9.17) is 5.26 Å². The van der Waals surface area contributed by atoms with Gasteiger partial charge in [-0.2, -0.15) is 5.26 Å². The van der Waals surface area contributed by atoms with E-state index < -0.39 is 0 Å². The Morgan fingerprint density at radius 1 is 1.38 bits per heavy atom. The Kier molecular flexibility index (Phi) is 4.31. The van der Waals surface area contributed by atoms with E-state index in [1.165, 1.54) is 5.56 Å². The molecule has 1 heteroatoms. The lowest BCUT2D eigenvalue weighted by Gasteiger charge is -2.11. The Labute approximate surface area is 98.4 Å². The number of nitrogens with zero attached hydrogens (tertiary/aromatic N) is 1. The molecule has 0 heterocycles. The van der Waals surface area contributed by atoms with Crippen LogP contribution in [0.2, 0.25) is 0 Å². The van der Waals surface area contributed by atoms with Gasteiger partial charge in [0, 0.05) is 5.92 Å². The number of nitriles is 1. The molecule has 83 valence electrons. The van der Waals surface area contributed by atoms with Gasteiger partial charge in [0.15, 0.2) is 0 Å². The van der Waals surface area contributed by atoms with Gasteiger partial charge in [0.25, 0.3) is 0 Å². The van der Waals surface area contributed by atoms with Crippen LogP contribution in [0.15, 0.2) is 30.9 Å². The third-order valence-electron chi connectivity index (χ3n) is 2.50. The molecule has 0 amide bonds. The Morgan fingerprint density at radius 2 is 2.06 bits per heavy atom. The third-order valence-corrected chi connectivity index (χ3v) is 2.50. The van der Waals surface area contributed by atoms with Crippen molar-refractivity contribution in [2.45, 2.75) is 26.2 Å². The summed E-state index contributed by atoms with van der Waals surface area (Å²) in [5, 5.41) is 8.98. The average Bonchev–Trinajstić information content (AvgIpc) is 2.26. The predicted octanol–water partition coefficient (Wildman–Crippen LogP) is 3.86. The van der Waals surface area contributed by atoms with E-state index in [-0.39, 0.29) is 5.92 Å². The Bertz CT molecular complexity index is 410. The zero-order chi connectivity index (χ0) is 12.1. The minimum absolute atomic E-state index is 0.0548. The fraction of sp³-hybridized carbons (Fsp3) is 0.333. The van der Waals surface area contributed by atoms with Gasteiger partial charge in [-0.3, -0.25) is 0 Å². The molecule has 0 bridgehead atoms. The van der Waals surface area contributed by atoms with Crippen LogP contribution in [0.4, 0.5) is 0 Å². The minimum Gasteiger partial charge on any atom is -0.192 e. The summed E-state index contributed by atoms with van der Waals surface area (Å²) in [7, 11) is 0. The van der Waals surface area contributed by atoms with E-state index in [0.29, 0.717) is 11.5 Å². The van der Waals surface area contributed by atoms with Gasteiger partial charge in [-0.05, 0) is 42.5 Å². The monoisotopic (exact) mass is 212 g/mol. The smallest absolute Gasteiger partial charge is 0.0991 e. The average molecular weight is 212 g/mol. The van der Waals surface area contributed by atoms with Crippen molar-refractivity contribution in [1.29, 1.82) is 5.26 Å². The second-order valence-electron chi connectivity index (χ2n) is 4.52. The molecular weight excluding hydrogens is 194 g/mol. The maximum Gasteiger partial charge on any atom is 0.0991 e. The highest BCUT2D eigenvalue weighted by Gasteiger charge is 2.06. The standard InChI is InChI=1S/C15H18N/c1-5-12(4)15-8-13(6-11(2)3)7-14(9-15)10-16/h5,7-9,11-12H,1,4,6H2,2-3H3. The van der Waals surface area contributed by atoms with Crippen LogP contribution in [0, 0.1) is 24.2 Å². The van der Waals surface area contributed by atoms with Crippen LogP contribution in [0.5, 0.6) is 0 Å². The zero-order valence-electron chi connectivity index (χ0n) is 10.0. The van der Waals surface area contributed by atoms with Crippen molar-refractivity contribution < 1.29 is 0 Å². The molecule has 1 unspecified atom stereocenters. The number of hydrogen-bond acceptors (Lipinski definition) is 1. The summed E-state index contributed by atoms with van der Waals surface area (Å²) in [6, 6.07) is 8.17. The number of hydrogen-bond donors (Lipinski definition) is 0. The van der Waals surface area contributed by atoms with Crippen molar-refractivity contribution in [2.24, 2.45) is 5.92 Å². The fourth-order valence-corrected chi connectivity index (χ4v) is 1.72. The van der Waals surface area contributed by atoms with Crippen molar-refractivity contribution in [1.82, 2.24) is 0 Å². The minimum atomic E-state index is 0.0548. The van der Waals surface area contributed by atoms with E-state index >= 15 is 0 Å². The lowest BCUT2D eigenvalue weighted by molar-refractivity contribution is 0.646. The third kappa shape index (κ3) is 3.24. The normalized spacial score (nSPS) is 12.2. The molecule has 1 aromatic rings. The summed E-state index contributed by atoms with van der Waals surface area (Å²) in [6.45, 7) is 12.1. The Morgan fingerprint density at radius 3 is 2.56 bits per heavy atom. The quantitative estimate of drug-likeness (QED) is 0.695. The summed E-state index contributed by atoms with van der Waals surface area (Å²) < 4.78 is 0. The zero-order valence-corrected chi connectivity index (χ0v) is 10.0. The van der Waals surface area contributed by atoms with Crippen molar-refractivity contribution in [3.05, 3.63) is 54.5 Å². The molecule has 1 radical (unpaired) electrons. The molecule has 0 aromatic heterocycles. The maximum absolute atomic E-state index is 8.98. The summed E-state index contributed by atoms with van der Waals surface area (Å²) in [4.78, 5) is 0. The van der Waals surface area contributed by atoms with Crippen LogP contribution in [0.25, 0.3) is 0 Å². The first-order chi connectivity index (χ1) is 7.56. The molecule has 0 spiro atoms. The second-order valence-corrected chi connectivity index (χ2v) is 4.52. The molecule has 1 atom stereocenters. The van der Waals surface area contributed by atoms with E-state index in [0.717, 1.165) is 12.0 Å². The molecule has 1 aromatic carbocycles. The first-order valence-electron chi connectivity index (χ1n) is 5.56. The molecule has 0 saturated heterocycles. The van der Waals surface area contributed by atoms with Crippen molar-refractivity contribution >= 4 is 0 Å². The van der Waals surface area contributed by atoms with Crippen LogP contribution < -0.4 is 0 Å². The first kappa shape index (κ1) is 12.5. The molecule has 0 fully saturated rings. The lowest BCUT2D eigenvalue weighted by Crippen LogP contribution is -1.98. The van der Waals surface area contributed by atoms with E-state index in [2.05, 4.69) is 39.5 Å². The largest absolute Gasteiger partial charge is 0.192 e. The van der Waals surface area contributed by atoms with Gasteiger partial charge in [0.2, 0.25) is 0 Å². The molecule has 0 aliphatic rings. The lowest BCUT2D eigenvalue weighted by atomic mass is 9.93. The molecule has 0 N–H and O–H groups in total. The van der Waals surface area contributed by atoms with Crippen molar-refractivity contribution in [3.8, 4) is 6.07 Å². The van der Waals surface area contributed by atoms with Gasteiger partial charge < -0.3 is 0 Å². The molecule has 1 rings (SSSR count). The molecule has 0 aliphatic carbocycles. The van der Waals surface area contributed by atoms with Gasteiger partial charge in [0.05, 0.1) is 11.6 Å². The molecule has 16 heavy (non-hydrogen) atoms. The number of rotatable bonds is 4. The second kappa shape index (κ2) is 5.51. The topological polar surface area (TPSA) is 23.8 Å². The highest BCUT2D eigenvalue weighted by atomic mass is 14.2. The highest BCUT2D eigenvalue weighted by Crippen LogP contribution is 2.21. The Balaban J connectivity index is 3.11. The molecule has 0 saturated carbocycles. The van der Waals surface area contributed by atoms with Crippen molar-refractivity contribution in [3.63, 3.8) is 0 Å². The van der Waals surface area contributed by atoms with Gasteiger partial charge in [-0.15, -0.1) is 6.58 Å². The fourth-order valence-electron chi connectivity index (χ4n) is 1.72. The summed E-state index contributed by atoms with van der Waals surface area (Å²) in [6.07, 6.45) is 2.79. The number of allylic oxidation sites excluding steroid dienone is 1. The van der Waals surface area contributed by atoms with Crippen LogP contribution in [-0.2, 0) is 6.42 Å². The molecule has 1 nitrogen and oxygen atoms in total. The SMILES string of the molecule is [CH2]C(C=C)c1cc(C#N)cc(CC(C)C)c1. The summed E-state index contributed by atoms with van der Waals surface area (Å²) in [5.74, 6) is 0.646. The number of benzene rings is 1. The summed E-state index contributed by atoms with van der Waals surface area (Å²) in [5.41, 5.74) is 2.99. The maximum atomic E-state index is 8.98. The first-order valence-corrected chi connectivity index (χ1v) is 5.56. The van der Waals surface area contributed by atoms with Gasteiger partial charge >= 0.3 is 0 Å². The van der Waals surface area contributed by atoms with E-state index in [9.17, 15) is 0 Å². The van der Waals surface area contributed by atoms with Crippen LogP contribution in [0.1, 0.15) is 36.5 Å². The van der Waals surface area contributed by atoms with Gasteiger partial charge in [-0.25, -0.2) is 0 Å². The van der Waals surface area contributed by atoms with Gasteiger partial charge in [-0.1, -0.05) is 26.0 Å². The van der Waals surface area contributed by atoms with Crippen LogP contribution in [0.3, 0.4) is 0 Å². The molecule has 0 aliphatic heterocycles. The van der Waals surface area contributed by atoms with E-state index in [1.54, 1.807) is 6.08 Å². The predicted molar refractivity (Wildman–Crippen MR) is 68.0 cm³/mol. The Hall–Kier alpha value is -1.55. The van der Waals surface area contributed by atoms with Crippen LogP contribution in [-0.4, -0.2) is 0 Å². The highest BCUT2D eigenvalue weighted by molar-refractivity contribution is 5.40.